The van der Waals surface area contributed by atoms with Crippen molar-refractivity contribution in [3.05, 3.63) is 0 Å². The van der Waals surface area contributed by atoms with E-state index in [1.807, 2.05) is 0 Å². The fourth-order valence-electron chi connectivity index (χ4n) is 2.01. The molecule has 1 aliphatic rings. The van der Waals surface area contributed by atoms with E-state index in [1.54, 1.807) is 20.8 Å². The number of piperidine rings is 1. The van der Waals surface area contributed by atoms with Crippen molar-refractivity contribution in [3.8, 4) is 0 Å². The number of nitrogens with zero attached hydrogens (tertiary/aromatic N) is 1. The van der Waals surface area contributed by atoms with Crippen molar-refractivity contribution in [3.63, 3.8) is 0 Å². The molecule has 1 unspecified atom stereocenters. The summed E-state index contributed by atoms with van der Waals surface area (Å²) in [5, 5.41) is 9.75. The number of ether oxygens (including phenoxy) is 1. The van der Waals surface area contributed by atoms with Gasteiger partial charge in [0.2, 0.25) is 5.91 Å². The summed E-state index contributed by atoms with van der Waals surface area (Å²) in [6.07, 6.45) is 0.901. The molecule has 17 heavy (non-hydrogen) atoms. The first-order valence-electron chi connectivity index (χ1n) is 5.92. The van der Waals surface area contributed by atoms with Crippen molar-refractivity contribution >= 4 is 11.9 Å². The number of esters is 1. The third kappa shape index (κ3) is 3.70. The molecule has 0 aliphatic carbocycles. The highest BCUT2D eigenvalue weighted by Gasteiger charge is 2.38. The molecule has 0 aromatic rings. The fraction of sp³-hybridized carbons (Fsp3) is 0.833. The van der Waals surface area contributed by atoms with Gasteiger partial charge in [0.25, 0.3) is 0 Å². The lowest BCUT2D eigenvalue weighted by Crippen LogP contribution is -2.54. The molecular weight excluding hydrogens is 222 g/mol. The lowest BCUT2D eigenvalue weighted by Gasteiger charge is -2.38. The van der Waals surface area contributed by atoms with E-state index in [2.05, 4.69) is 0 Å². The van der Waals surface area contributed by atoms with Gasteiger partial charge < -0.3 is 14.7 Å². The van der Waals surface area contributed by atoms with E-state index in [0.717, 1.165) is 6.42 Å². The zero-order valence-electron chi connectivity index (χ0n) is 10.9. The molecule has 98 valence electrons. The predicted molar refractivity (Wildman–Crippen MR) is 62.0 cm³/mol. The Morgan fingerprint density at radius 3 is 2.35 bits per heavy atom. The van der Waals surface area contributed by atoms with Gasteiger partial charge in [-0.25, -0.2) is 4.79 Å². The smallest absolute Gasteiger partial charge is 0.329 e. The van der Waals surface area contributed by atoms with Crippen molar-refractivity contribution in [2.45, 2.75) is 64.8 Å². The summed E-state index contributed by atoms with van der Waals surface area (Å²) in [6, 6.07) is -0.657. The largest absolute Gasteiger partial charge is 0.458 e. The third-order valence-corrected chi connectivity index (χ3v) is 2.64. The highest BCUT2D eigenvalue weighted by atomic mass is 16.6. The Morgan fingerprint density at radius 2 is 1.88 bits per heavy atom. The van der Waals surface area contributed by atoms with Gasteiger partial charge in [0.15, 0.2) is 0 Å². The predicted octanol–water partition coefficient (Wildman–Crippen LogP) is 1.05. The lowest BCUT2D eigenvalue weighted by molar-refractivity contribution is -0.175. The molecule has 1 heterocycles. The number of hydrogen-bond donors (Lipinski definition) is 1. The average molecular weight is 243 g/mol. The molecule has 1 aliphatic heterocycles. The van der Waals surface area contributed by atoms with Crippen molar-refractivity contribution in [2.24, 2.45) is 0 Å². The number of aliphatic hydroxyl groups is 1. The monoisotopic (exact) mass is 243 g/mol. The van der Waals surface area contributed by atoms with Crippen molar-refractivity contribution in [1.82, 2.24) is 4.90 Å². The van der Waals surface area contributed by atoms with Gasteiger partial charge >= 0.3 is 5.97 Å². The number of amides is 1. The van der Waals surface area contributed by atoms with Gasteiger partial charge in [-0.1, -0.05) is 0 Å². The Bertz CT molecular complexity index is 308. The second-order valence-electron chi connectivity index (χ2n) is 5.39. The highest BCUT2D eigenvalue weighted by Crippen LogP contribution is 2.24. The normalized spacial score (nSPS) is 25.6. The van der Waals surface area contributed by atoms with E-state index in [0.29, 0.717) is 12.8 Å². The number of carbonyl (C=O) groups is 2. The maximum atomic E-state index is 11.9. The van der Waals surface area contributed by atoms with E-state index < -0.39 is 23.8 Å². The van der Waals surface area contributed by atoms with Crippen LogP contribution in [0, 0.1) is 0 Å². The Morgan fingerprint density at radius 1 is 1.29 bits per heavy atom. The summed E-state index contributed by atoms with van der Waals surface area (Å²) in [4.78, 5) is 24.6. The van der Waals surface area contributed by atoms with Gasteiger partial charge in [-0.3, -0.25) is 4.79 Å². The van der Waals surface area contributed by atoms with Crippen molar-refractivity contribution in [1.29, 1.82) is 0 Å². The summed E-state index contributed by atoms with van der Waals surface area (Å²) in [5.41, 5.74) is -0.581. The van der Waals surface area contributed by atoms with Crippen LogP contribution in [0.3, 0.4) is 0 Å². The Kier molecular flexibility index (Phi) is 4.14. The van der Waals surface area contributed by atoms with Crippen LogP contribution in [0.15, 0.2) is 0 Å². The molecule has 1 N–H and O–H groups in total. The molecule has 0 saturated carbocycles. The summed E-state index contributed by atoms with van der Waals surface area (Å²) < 4.78 is 5.26. The quantitative estimate of drug-likeness (QED) is 0.699. The number of rotatable bonds is 1. The molecule has 1 saturated heterocycles. The Balaban J connectivity index is 2.79. The number of aliphatic hydroxyl groups excluding tert-OH is 1. The van der Waals surface area contributed by atoms with Crippen LogP contribution >= 0.6 is 0 Å². The molecule has 0 aromatic heterocycles. The van der Waals surface area contributed by atoms with Gasteiger partial charge in [0.05, 0.1) is 0 Å². The minimum atomic E-state index is -0.876. The second-order valence-corrected chi connectivity index (χ2v) is 5.39. The Labute approximate surface area is 102 Å². The van der Waals surface area contributed by atoms with Crippen LogP contribution in [0.4, 0.5) is 0 Å². The standard InChI is InChI=1S/C12H21NO4/c1-8(14)13-9(6-5-7-10(13)15)11(16)17-12(2,3)4/h9-10,15H,5-7H2,1-4H3/t9-,10?/m0/s1. The van der Waals surface area contributed by atoms with Crippen LogP contribution in [-0.2, 0) is 14.3 Å². The molecular formula is C12H21NO4. The van der Waals surface area contributed by atoms with Gasteiger partial charge in [0.1, 0.15) is 17.9 Å². The lowest BCUT2D eigenvalue weighted by atomic mass is 10.0. The van der Waals surface area contributed by atoms with E-state index in [1.165, 1.54) is 11.8 Å². The SMILES string of the molecule is CC(=O)N1C(O)CCC[C@H]1C(=O)OC(C)(C)C. The maximum Gasteiger partial charge on any atom is 0.329 e. The minimum Gasteiger partial charge on any atom is -0.458 e. The van der Waals surface area contributed by atoms with Crippen LogP contribution in [0.25, 0.3) is 0 Å². The topological polar surface area (TPSA) is 66.8 Å². The van der Waals surface area contributed by atoms with Gasteiger partial charge in [-0.2, -0.15) is 0 Å². The molecule has 0 radical (unpaired) electrons. The van der Waals surface area contributed by atoms with Gasteiger partial charge in [-0.15, -0.1) is 0 Å². The second kappa shape index (κ2) is 5.04. The van der Waals surface area contributed by atoms with Crippen LogP contribution in [0.1, 0.15) is 47.0 Å². The van der Waals surface area contributed by atoms with E-state index >= 15 is 0 Å². The van der Waals surface area contributed by atoms with Gasteiger partial charge in [0, 0.05) is 6.92 Å². The molecule has 0 bridgehead atoms. The zero-order valence-corrected chi connectivity index (χ0v) is 10.9. The summed E-state index contributed by atoms with van der Waals surface area (Å²) in [7, 11) is 0. The zero-order chi connectivity index (χ0) is 13.2. The molecule has 5 heteroatoms. The number of carbonyl (C=O) groups excluding carboxylic acids is 2. The van der Waals surface area contributed by atoms with Crippen molar-refractivity contribution in [2.75, 3.05) is 0 Å². The first kappa shape index (κ1) is 14.0. The van der Waals surface area contributed by atoms with Gasteiger partial charge in [-0.05, 0) is 40.0 Å². The molecule has 0 aromatic carbocycles. The molecule has 1 fully saturated rings. The molecule has 2 atom stereocenters. The molecule has 0 spiro atoms. The van der Waals surface area contributed by atoms with E-state index in [9.17, 15) is 14.7 Å². The van der Waals surface area contributed by atoms with Crippen LogP contribution in [0.5, 0.6) is 0 Å². The van der Waals surface area contributed by atoms with E-state index in [4.69, 9.17) is 4.74 Å². The highest BCUT2D eigenvalue weighted by molar-refractivity contribution is 5.83. The molecule has 5 nitrogen and oxygen atoms in total. The average Bonchev–Trinajstić information content (AvgIpc) is 2.13. The van der Waals surface area contributed by atoms with Crippen LogP contribution in [0.2, 0.25) is 0 Å². The summed E-state index contributed by atoms with van der Waals surface area (Å²) >= 11 is 0. The molecule has 1 amide bonds. The first-order valence-corrected chi connectivity index (χ1v) is 5.92. The minimum absolute atomic E-state index is 0.298. The van der Waals surface area contributed by atoms with Crippen molar-refractivity contribution < 1.29 is 19.4 Å². The van der Waals surface area contributed by atoms with Crippen LogP contribution < -0.4 is 0 Å². The first-order chi connectivity index (χ1) is 7.72. The summed E-state index contributed by atoms with van der Waals surface area (Å²) in [5.74, 6) is -0.737. The Hall–Kier alpha value is -1.10. The third-order valence-electron chi connectivity index (χ3n) is 2.64. The van der Waals surface area contributed by atoms with Crippen LogP contribution in [-0.4, -0.2) is 39.8 Å². The fourth-order valence-corrected chi connectivity index (χ4v) is 2.01. The number of hydrogen-bond acceptors (Lipinski definition) is 4. The van der Waals surface area contributed by atoms with E-state index in [-0.39, 0.29) is 5.91 Å². The summed E-state index contributed by atoms with van der Waals surface area (Å²) in [6.45, 7) is 6.69. The number of likely N-dealkylation sites (tertiary alicyclic amines) is 1. The maximum absolute atomic E-state index is 11.9. The molecule has 1 rings (SSSR count).